The SMILES string of the molecule is C.C.C.C.CC(=[N+]=[N-])c1cccc(NC(=O)CCC(=O)NCCCOCCOCCOCCCNC(=O)CON)c1.CN/N=C(\C)c1cccc(NC(=O)CCC(=O)NCCCOCCOCCOCCCNC(=O)CONC)c1.CNOCC(=O)NCCCOCCOCCOCCCNC(=O)CCC(=O)Nc1cccc(C(C)=[N+]=[N-])c1.[2H]P(CCC)ON.[O]=[Mn]=[O]. The Kier molecular flexibility index (Phi) is 95.7. The molecule has 1 atom stereocenters. The van der Waals surface area contributed by atoms with Crippen molar-refractivity contribution in [3.63, 3.8) is 0 Å². The monoisotopic (exact) mass is 1870 g/mol. The fourth-order valence-corrected chi connectivity index (χ4v) is 9.40. The molecule has 0 aliphatic rings. The summed E-state index contributed by atoms with van der Waals surface area (Å²) >= 11 is -1.44. The van der Waals surface area contributed by atoms with Crippen LogP contribution in [-0.2, 0) is 127 Å². The van der Waals surface area contributed by atoms with E-state index in [-0.39, 0.29) is 141 Å². The van der Waals surface area contributed by atoms with Gasteiger partial charge in [-0.25, -0.2) is 22.8 Å². The van der Waals surface area contributed by atoms with Crippen molar-refractivity contribution in [1.82, 2.24) is 48.3 Å². The van der Waals surface area contributed by atoms with Crippen molar-refractivity contribution in [2.75, 3.05) is 221 Å². The van der Waals surface area contributed by atoms with Crippen LogP contribution in [0.1, 0.15) is 158 Å². The van der Waals surface area contributed by atoms with Gasteiger partial charge in [0, 0.05) is 178 Å². The number of hydrogen-bond acceptors (Lipinski definition) is 30. The molecule has 0 aliphatic carbocycles. The zero-order valence-electron chi connectivity index (χ0n) is 72.9. The third-order valence-electron chi connectivity index (χ3n) is 15.3. The predicted molar refractivity (Wildman–Crippen MR) is 481 cm³/mol. The number of hydroxylamine groups is 2. The second kappa shape index (κ2) is 96.1. The van der Waals surface area contributed by atoms with E-state index in [1.165, 1.54) is 0 Å². The summed E-state index contributed by atoms with van der Waals surface area (Å²) in [5.74, 6) is 7.51. The molecule has 0 radical (unpaired) electrons. The van der Waals surface area contributed by atoms with Crippen LogP contribution < -0.4 is 76.0 Å². The third-order valence-corrected chi connectivity index (χ3v) is 16.0. The number of nitrogens with zero attached hydrogens (tertiary/aromatic N) is 5. The number of carbonyl (C=O) groups is 9. The number of hydrazone groups is 1. The topological polar surface area (TPSA) is 589 Å². The van der Waals surface area contributed by atoms with Gasteiger partial charge in [0.05, 0.1) is 97.4 Å². The first-order valence-electron chi connectivity index (χ1n) is 40.6. The van der Waals surface area contributed by atoms with Gasteiger partial charge in [-0.15, -0.1) is 0 Å². The summed E-state index contributed by atoms with van der Waals surface area (Å²) in [7, 11) is 3.86. The fraction of sp³-hybridized carbons (Fsp3) is 0.634. The predicted octanol–water partition coefficient (Wildman–Crippen LogP) is 4.80. The molecule has 0 heterocycles. The van der Waals surface area contributed by atoms with Crippen LogP contribution in [0.4, 0.5) is 17.1 Å². The van der Waals surface area contributed by atoms with E-state index in [1.807, 2.05) is 32.0 Å². The number of nitrogens with two attached hydrogens (primary N) is 2. The molecule has 727 valence electrons. The van der Waals surface area contributed by atoms with Crippen LogP contribution in [0, 0.1) is 0 Å². The number of hydrogen-bond donors (Lipinski definition) is 14. The van der Waals surface area contributed by atoms with Crippen molar-refractivity contribution in [1.29, 1.82) is 1.28 Å². The van der Waals surface area contributed by atoms with Crippen molar-refractivity contribution >= 4 is 96.1 Å². The van der Waals surface area contributed by atoms with E-state index in [2.05, 4.69) is 88.4 Å². The Labute approximate surface area is 758 Å². The molecule has 1 unspecified atom stereocenters. The van der Waals surface area contributed by atoms with E-state index in [1.54, 1.807) is 89.6 Å². The van der Waals surface area contributed by atoms with Crippen LogP contribution in [0.25, 0.3) is 11.1 Å². The molecule has 0 fully saturated rings. The zero-order valence-corrected chi connectivity index (χ0v) is 74.0. The van der Waals surface area contributed by atoms with E-state index < -0.39 is 23.6 Å². The molecular weight excluding hydrogens is 1720 g/mol. The number of nitrogens with one attached hydrogen (secondary N) is 12. The van der Waals surface area contributed by atoms with Crippen LogP contribution in [0.5, 0.6) is 0 Å². The number of rotatable bonds is 69. The van der Waals surface area contributed by atoms with Gasteiger partial charge in [0.1, 0.15) is 19.8 Å². The first kappa shape index (κ1) is 126. The summed E-state index contributed by atoms with van der Waals surface area (Å²) in [6.07, 6.45) is 6.31. The van der Waals surface area contributed by atoms with Crippen molar-refractivity contribution < 1.29 is 137 Å². The van der Waals surface area contributed by atoms with Crippen LogP contribution in [-0.4, -0.2) is 286 Å². The summed E-state index contributed by atoms with van der Waals surface area (Å²) in [6, 6.07) is 21.2. The Bertz CT molecular complexity index is 3560. The molecular formula is C82H148MnN19O24P. The molecule has 0 aromatic heterocycles. The standard InChI is InChI=1S/C26H44N6O7.C25H40N6O7.C24H38N6O7.C3H10NOP.4CH4.Mn.2O/c1-21(32-27-2)22-7-4-8-23(19-22)31-25(34)10-9-24(33)29-11-5-13-36-15-17-38-18-16-37-14-6-12-30-26(35)20-39-28-3;1-20(31-26)21-6-3-7-22(18-21)30-24(33)9-8-23(32)28-10-4-12-35-14-16-37-17-15-36-13-5-11-29-25(34)19-38-27-2;1-19(30-25)20-5-2-6-21(17-20)29-23(32)8-7-22(31)27-9-3-11-34-13-15-36-16-14-35-12-4-10-28-24(33)18-37-26;1-2-3-6-5-4;;;;;;;/h4,7-8,19,27-28H,5-6,9-18,20H2,1-3H3,(H,29,33)(H,30,35)(H,31,34);3,6-7,18,27H,4-5,8-17,19H2,1-2H3,(H,28,32)(H,29,34)(H,30,33);2,5-6,17H,3-4,7-16,18,26H2,1H3,(H,27,31)(H,28,33)(H,29,32);6H,2-4H2,1H3;4*1H4;;;/b32-21+;;;;;;;;;;/i;;;6D;;;;;;;. The van der Waals surface area contributed by atoms with E-state index in [0.717, 1.165) is 23.9 Å². The summed E-state index contributed by atoms with van der Waals surface area (Å²) in [4.78, 5) is 126. The van der Waals surface area contributed by atoms with E-state index >= 15 is 0 Å². The van der Waals surface area contributed by atoms with E-state index in [4.69, 9.17) is 84.1 Å². The van der Waals surface area contributed by atoms with Gasteiger partial charge in [-0.2, -0.15) is 14.7 Å². The quantitative estimate of drug-likeness (QED) is 0.00686. The second-order valence-electron chi connectivity index (χ2n) is 25.2. The molecule has 0 bridgehead atoms. The molecule has 127 heavy (non-hydrogen) atoms. The van der Waals surface area contributed by atoms with Gasteiger partial charge in [-0.1, -0.05) is 67.3 Å². The first-order valence-corrected chi connectivity index (χ1v) is 42.1. The molecule has 3 aromatic carbocycles. The Hall–Kier alpha value is -9.01. The normalized spacial score (nSPS) is 10.5. The molecule has 16 N–H and O–H groups in total. The van der Waals surface area contributed by atoms with Crippen LogP contribution in [0.3, 0.4) is 0 Å². The Balaban J connectivity index is -0.000000406. The van der Waals surface area contributed by atoms with E-state index in [0.29, 0.717) is 236 Å². The van der Waals surface area contributed by atoms with Crippen molar-refractivity contribution in [3.05, 3.63) is 101 Å². The van der Waals surface area contributed by atoms with Gasteiger partial charge in [-0.3, -0.25) is 62.3 Å². The third kappa shape index (κ3) is 84.9. The summed E-state index contributed by atoms with van der Waals surface area (Å²) in [5.41, 5.74) is 31.1. The number of ether oxygens (including phenoxy) is 9. The molecule has 3 aromatic rings. The minimum absolute atomic E-state index is 0. The zero-order chi connectivity index (χ0) is 92.0. The number of anilines is 3. The van der Waals surface area contributed by atoms with Crippen molar-refractivity contribution in [2.24, 2.45) is 16.9 Å². The van der Waals surface area contributed by atoms with E-state index in [9.17, 15) is 43.2 Å². The van der Waals surface area contributed by atoms with Gasteiger partial charge >= 0.3 is 22.5 Å². The van der Waals surface area contributed by atoms with Crippen LogP contribution in [0.15, 0.2) is 77.9 Å². The molecule has 0 aliphatic heterocycles. The summed E-state index contributed by atoms with van der Waals surface area (Å²) < 4.78 is 76.9. The molecule has 43 nitrogen and oxygen atoms in total. The Morgan fingerprint density at radius 1 is 0.402 bits per heavy atom. The van der Waals surface area contributed by atoms with Gasteiger partial charge in [0.2, 0.25) is 53.2 Å². The van der Waals surface area contributed by atoms with Crippen LogP contribution >= 0.6 is 8.75 Å². The first-order chi connectivity index (χ1) is 60.1. The molecule has 45 heteroatoms. The summed E-state index contributed by atoms with van der Waals surface area (Å²) in [5, 5.41) is 28.8. The van der Waals surface area contributed by atoms with Gasteiger partial charge in [-0.05, 0) is 106 Å². The Morgan fingerprint density at radius 3 is 0.898 bits per heavy atom. The molecule has 0 saturated heterocycles. The summed E-state index contributed by atoms with van der Waals surface area (Å²) in [6.45, 7) is 18.4. The van der Waals surface area contributed by atoms with Crippen molar-refractivity contribution in [2.45, 2.75) is 141 Å². The number of benzene rings is 3. The fourth-order valence-electron chi connectivity index (χ4n) is 9.12. The molecule has 0 saturated carbocycles. The second-order valence-corrected chi connectivity index (χ2v) is 26.3. The minimum atomic E-state index is -1.44. The molecule has 0 spiro atoms. The van der Waals surface area contributed by atoms with Crippen LogP contribution in [0.2, 0.25) is 0 Å². The average molecular weight is 1870 g/mol. The maximum absolute atomic E-state index is 12.2. The maximum atomic E-state index is 12.2. The molecule has 9 amide bonds. The average Bonchev–Trinajstić information content (AvgIpc) is 0.888. The van der Waals surface area contributed by atoms with Crippen molar-refractivity contribution in [3.8, 4) is 0 Å². The number of carbonyl (C=O) groups excluding carboxylic acids is 9. The van der Waals surface area contributed by atoms with Gasteiger partial charge < -0.3 is 107 Å². The van der Waals surface area contributed by atoms with Gasteiger partial charge in [0.25, 0.3) is 11.4 Å². The Morgan fingerprint density at radius 2 is 0.654 bits per heavy atom. The molecule has 3 rings (SSSR count). The number of amides is 9. The van der Waals surface area contributed by atoms with Gasteiger partial charge in [0.15, 0.2) is 0 Å².